The number of rotatable bonds is 17. The average Bonchev–Trinajstić information content (AvgIpc) is 2.54. The van der Waals surface area contributed by atoms with Crippen molar-refractivity contribution < 1.29 is 33.0 Å². The molecule has 7 nitrogen and oxygen atoms in total. The number of carbonyl (C=O) groups excluding carboxylic acids is 1. The first kappa shape index (κ1) is 24.7. The van der Waals surface area contributed by atoms with Crippen LogP contribution in [0.15, 0.2) is 0 Å². The molecular formula is C17H37O7P. The Bertz CT molecular complexity index is 350. The molecule has 0 aromatic rings. The van der Waals surface area contributed by atoms with Gasteiger partial charge in [-0.25, -0.2) is 0 Å². The SMILES string of the molecule is CCOCCP(C)(C)(CCOCCOC)OC(=O)CCOCCOC. The molecule has 0 saturated carbocycles. The third-order valence-corrected chi connectivity index (χ3v) is 7.77. The van der Waals surface area contributed by atoms with E-state index in [0.29, 0.717) is 59.0 Å². The van der Waals surface area contributed by atoms with Crippen LogP contribution < -0.4 is 0 Å². The van der Waals surface area contributed by atoms with Crippen LogP contribution in [0.2, 0.25) is 0 Å². The average molecular weight is 384 g/mol. The summed E-state index contributed by atoms with van der Waals surface area (Å²) in [7, 11) is 3.25. The second kappa shape index (κ2) is 13.8. The van der Waals surface area contributed by atoms with Crippen molar-refractivity contribution in [3.63, 3.8) is 0 Å². The van der Waals surface area contributed by atoms with E-state index in [1.165, 1.54) is 0 Å². The molecule has 0 N–H and O–H groups in total. The first-order valence-electron chi connectivity index (χ1n) is 8.80. The molecule has 0 bridgehead atoms. The molecule has 25 heavy (non-hydrogen) atoms. The Morgan fingerprint density at radius 1 is 0.760 bits per heavy atom. The Labute approximate surface area is 152 Å². The minimum atomic E-state index is -2.69. The summed E-state index contributed by atoms with van der Waals surface area (Å²) in [5, 5.41) is 0. The Morgan fingerprint density at radius 3 is 1.80 bits per heavy atom. The van der Waals surface area contributed by atoms with Gasteiger partial charge in [0.05, 0.1) is 0 Å². The molecule has 0 saturated heterocycles. The van der Waals surface area contributed by atoms with Crippen LogP contribution in [0.1, 0.15) is 13.3 Å². The van der Waals surface area contributed by atoms with Gasteiger partial charge in [-0.05, 0) is 0 Å². The molecule has 0 aliphatic carbocycles. The predicted molar refractivity (Wildman–Crippen MR) is 101 cm³/mol. The van der Waals surface area contributed by atoms with Gasteiger partial charge >= 0.3 is 152 Å². The van der Waals surface area contributed by atoms with Gasteiger partial charge in [0, 0.05) is 0 Å². The van der Waals surface area contributed by atoms with Crippen molar-refractivity contribution in [3.8, 4) is 0 Å². The molecule has 0 rings (SSSR count). The summed E-state index contributed by atoms with van der Waals surface area (Å²) in [6.07, 6.45) is 1.67. The number of ether oxygens (including phenoxy) is 5. The van der Waals surface area contributed by atoms with Gasteiger partial charge in [-0.2, -0.15) is 0 Å². The van der Waals surface area contributed by atoms with E-state index in [2.05, 4.69) is 13.3 Å². The monoisotopic (exact) mass is 384 g/mol. The summed E-state index contributed by atoms with van der Waals surface area (Å²) in [6.45, 7) is 7.59. The summed E-state index contributed by atoms with van der Waals surface area (Å²) < 4.78 is 32.3. The topological polar surface area (TPSA) is 72.5 Å². The second-order valence-corrected chi connectivity index (χ2v) is 12.8. The van der Waals surface area contributed by atoms with E-state index in [1.54, 1.807) is 14.2 Å². The summed E-state index contributed by atoms with van der Waals surface area (Å²) in [4.78, 5) is 12.3. The van der Waals surface area contributed by atoms with Crippen LogP contribution >= 0.6 is 6.83 Å². The number of carbonyl (C=O) groups is 1. The minimum absolute atomic E-state index is 0.228. The zero-order valence-corrected chi connectivity index (χ0v) is 17.5. The number of hydrogen-bond donors (Lipinski definition) is 0. The summed E-state index contributed by atoms with van der Waals surface area (Å²) in [5.41, 5.74) is 0. The summed E-state index contributed by atoms with van der Waals surface area (Å²) in [5.74, 6) is -0.228. The van der Waals surface area contributed by atoms with E-state index in [9.17, 15) is 4.79 Å². The van der Waals surface area contributed by atoms with E-state index in [-0.39, 0.29) is 12.4 Å². The van der Waals surface area contributed by atoms with Crippen LogP contribution in [-0.2, 0) is 33.0 Å². The summed E-state index contributed by atoms with van der Waals surface area (Å²) >= 11 is 0. The van der Waals surface area contributed by atoms with Crippen molar-refractivity contribution in [2.45, 2.75) is 13.3 Å². The predicted octanol–water partition coefficient (Wildman–Crippen LogP) is 2.01. The Balaban J connectivity index is 4.46. The van der Waals surface area contributed by atoms with Crippen molar-refractivity contribution >= 4 is 12.8 Å². The molecule has 0 aromatic heterocycles. The third-order valence-electron chi connectivity index (χ3n) is 3.80. The van der Waals surface area contributed by atoms with Crippen molar-refractivity contribution in [1.82, 2.24) is 0 Å². The van der Waals surface area contributed by atoms with Crippen molar-refractivity contribution in [3.05, 3.63) is 0 Å². The molecule has 0 aliphatic heterocycles. The van der Waals surface area contributed by atoms with Crippen LogP contribution in [-0.4, -0.2) is 98.7 Å². The van der Waals surface area contributed by atoms with Crippen LogP contribution in [0.5, 0.6) is 0 Å². The maximum atomic E-state index is 12.3. The molecule has 0 spiro atoms. The van der Waals surface area contributed by atoms with Gasteiger partial charge in [0.1, 0.15) is 0 Å². The molecule has 0 unspecified atom stereocenters. The first-order chi connectivity index (χ1) is 11.9. The Morgan fingerprint density at radius 2 is 1.28 bits per heavy atom. The van der Waals surface area contributed by atoms with Crippen molar-refractivity contribution in [2.75, 3.05) is 92.7 Å². The molecule has 0 amide bonds. The van der Waals surface area contributed by atoms with E-state index in [0.717, 1.165) is 6.16 Å². The van der Waals surface area contributed by atoms with Gasteiger partial charge in [-0.15, -0.1) is 0 Å². The standard InChI is InChI=1S/C17H37O7P/c1-6-21-13-15-25(4,5,16-14-23-12-10-20-3)24-17(18)7-8-22-11-9-19-2/h6-16H2,1-5H3. The third kappa shape index (κ3) is 13.5. The maximum absolute atomic E-state index is 12.3. The van der Waals surface area contributed by atoms with E-state index in [4.69, 9.17) is 28.2 Å². The van der Waals surface area contributed by atoms with Crippen LogP contribution in [0.4, 0.5) is 0 Å². The van der Waals surface area contributed by atoms with Gasteiger partial charge in [-0.3, -0.25) is 0 Å². The van der Waals surface area contributed by atoms with Crippen molar-refractivity contribution in [1.29, 1.82) is 0 Å². The molecule has 0 aliphatic rings. The van der Waals surface area contributed by atoms with Crippen LogP contribution in [0, 0.1) is 0 Å². The van der Waals surface area contributed by atoms with Crippen molar-refractivity contribution in [2.24, 2.45) is 0 Å². The number of hydrogen-bond acceptors (Lipinski definition) is 7. The van der Waals surface area contributed by atoms with E-state index < -0.39 is 6.83 Å². The molecule has 0 radical (unpaired) electrons. The normalized spacial score (nSPS) is 13.4. The Hall–Kier alpha value is -0.300. The fourth-order valence-electron chi connectivity index (χ4n) is 2.08. The van der Waals surface area contributed by atoms with Crippen LogP contribution in [0.25, 0.3) is 0 Å². The van der Waals surface area contributed by atoms with Gasteiger partial charge in [0.25, 0.3) is 0 Å². The van der Waals surface area contributed by atoms with Gasteiger partial charge in [0.15, 0.2) is 0 Å². The van der Waals surface area contributed by atoms with Gasteiger partial charge < -0.3 is 0 Å². The molecule has 0 atom stereocenters. The fraction of sp³-hybridized carbons (Fsp3) is 0.941. The first-order valence-corrected chi connectivity index (χ1v) is 12.2. The quantitative estimate of drug-likeness (QED) is 0.281. The Kier molecular flexibility index (Phi) is 13.7. The zero-order chi connectivity index (χ0) is 19.0. The van der Waals surface area contributed by atoms with E-state index in [1.807, 2.05) is 6.92 Å². The second-order valence-electron chi connectivity index (χ2n) is 6.63. The molecule has 0 aromatic carbocycles. The summed E-state index contributed by atoms with van der Waals surface area (Å²) in [6, 6.07) is 0. The van der Waals surface area contributed by atoms with Gasteiger partial charge in [0.2, 0.25) is 0 Å². The van der Waals surface area contributed by atoms with Gasteiger partial charge in [-0.1, -0.05) is 0 Å². The van der Waals surface area contributed by atoms with Crippen LogP contribution in [0.3, 0.4) is 0 Å². The molecule has 0 heterocycles. The molecule has 0 fully saturated rings. The molecule has 8 heteroatoms. The van der Waals surface area contributed by atoms with E-state index >= 15 is 0 Å². The molecule has 152 valence electrons. The zero-order valence-electron chi connectivity index (χ0n) is 16.6. The number of methoxy groups -OCH3 is 2. The fourth-order valence-corrected chi connectivity index (χ4v) is 4.67. The molecular weight excluding hydrogens is 347 g/mol.